The second-order valence-corrected chi connectivity index (χ2v) is 14.3. The lowest BCUT2D eigenvalue weighted by Crippen LogP contribution is -2.40. The molecule has 0 radical (unpaired) electrons. The molecular formula is C19H25O2SSi+. The smallest absolute Gasteiger partial charge is 0.220 e. The Bertz CT molecular complexity index is 859. The summed E-state index contributed by atoms with van der Waals surface area (Å²) in [5, 5.41) is 12.7. The molecule has 0 aliphatic heterocycles. The van der Waals surface area contributed by atoms with E-state index in [9.17, 15) is 5.11 Å². The first-order valence-corrected chi connectivity index (χ1v) is 12.3. The maximum atomic E-state index is 10.3. The van der Waals surface area contributed by atoms with E-state index in [2.05, 4.69) is 58.1 Å². The minimum Gasteiger partial charge on any atom is -0.507 e. The average molecular weight is 346 g/mol. The number of fused-ring (bicyclic) bond motifs is 3. The molecule has 2 nitrogen and oxygen atoms in total. The predicted molar refractivity (Wildman–Crippen MR) is 104 cm³/mol. The average Bonchev–Trinajstić information content (AvgIpc) is 2.79. The Labute approximate surface area is 141 Å². The molecule has 1 atom stereocenters. The summed E-state index contributed by atoms with van der Waals surface area (Å²) >= 11 is 0. The first-order valence-electron chi connectivity index (χ1n) is 7.98. The Kier molecular flexibility index (Phi) is 4.03. The summed E-state index contributed by atoms with van der Waals surface area (Å²) in [4.78, 5) is 0. The summed E-state index contributed by atoms with van der Waals surface area (Å²) in [6, 6.07) is 14.2. The van der Waals surface area contributed by atoms with Gasteiger partial charge in [-0.2, -0.15) is 0 Å². The third kappa shape index (κ3) is 2.80. The molecule has 0 aliphatic carbocycles. The van der Waals surface area contributed by atoms with Crippen LogP contribution in [-0.2, 0) is 10.4 Å². The first kappa shape index (κ1) is 16.5. The van der Waals surface area contributed by atoms with Crippen molar-refractivity contribution in [3.63, 3.8) is 0 Å². The summed E-state index contributed by atoms with van der Waals surface area (Å²) in [6.45, 7) is 11.4. The molecular weight excluding hydrogens is 320 g/mol. The molecule has 3 rings (SSSR count). The van der Waals surface area contributed by atoms with Crippen molar-refractivity contribution in [2.24, 2.45) is 0 Å². The van der Waals surface area contributed by atoms with E-state index >= 15 is 0 Å². The van der Waals surface area contributed by atoms with E-state index in [1.807, 2.05) is 12.1 Å². The highest BCUT2D eigenvalue weighted by molar-refractivity contribution is 7.42. The highest BCUT2D eigenvalue weighted by Crippen LogP contribution is 2.48. The molecule has 3 aromatic rings. The summed E-state index contributed by atoms with van der Waals surface area (Å²) in [5.74, 6) is 1.08. The Morgan fingerprint density at radius 2 is 1.65 bits per heavy atom. The predicted octanol–water partition coefficient (Wildman–Crippen LogP) is 6.43. The first-order chi connectivity index (χ1) is 10.7. The van der Waals surface area contributed by atoms with Crippen LogP contribution in [0.25, 0.3) is 20.2 Å². The van der Waals surface area contributed by atoms with Crippen LogP contribution < -0.4 is 0 Å². The number of phenolic OH excluding ortho intramolecular Hbond substituents is 1. The molecule has 0 bridgehead atoms. The van der Waals surface area contributed by atoms with Crippen molar-refractivity contribution >= 4 is 39.0 Å². The lowest BCUT2D eigenvalue weighted by molar-refractivity contribution is 0.312. The lowest BCUT2D eigenvalue weighted by Gasteiger charge is -2.34. The van der Waals surface area contributed by atoms with Gasteiger partial charge in [-0.25, -0.2) is 0 Å². The Balaban J connectivity index is 2.12. The third-order valence-electron chi connectivity index (χ3n) is 5.04. The monoisotopic (exact) mass is 345 g/mol. The highest BCUT2D eigenvalue weighted by Gasteiger charge is 2.39. The van der Waals surface area contributed by atoms with E-state index in [4.69, 9.17) is 4.43 Å². The fraction of sp³-hybridized carbons (Fsp3) is 0.368. The maximum absolute atomic E-state index is 10.3. The lowest BCUT2D eigenvalue weighted by atomic mass is 10.1. The zero-order valence-electron chi connectivity index (χ0n) is 14.5. The van der Waals surface area contributed by atoms with Gasteiger partial charge in [-0.1, -0.05) is 39.0 Å². The van der Waals surface area contributed by atoms with Crippen molar-refractivity contribution in [1.29, 1.82) is 0 Å². The molecule has 0 saturated carbocycles. The molecule has 1 N–H and O–H groups in total. The molecule has 0 aliphatic rings. The van der Waals surface area contributed by atoms with Gasteiger partial charge in [0.25, 0.3) is 0 Å². The molecule has 122 valence electrons. The zero-order chi connectivity index (χ0) is 16.8. The van der Waals surface area contributed by atoms with Crippen molar-refractivity contribution in [3.05, 3.63) is 42.5 Å². The molecule has 0 amide bonds. The largest absolute Gasteiger partial charge is 0.507 e. The van der Waals surface area contributed by atoms with E-state index in [0.29, 0.717) is 11.7 Å². The van der Waals surface area contributed by atoms with Gasteiger partial charge in [0.15, 0.2) is 17.7 Å². The molecule has 0 saturated heterocycles. The Morgan fingerprint density at radius 3 is 2.35 bits per heavy atom. The van der Waals surface area contributed by atoms with Gasteiger partial charge >= 0.3 is 0 Å². The van der Waals surface area contributed by atoms with Gasteiger partial charge in [-0.3, -0.25) is 0 Å². The topological polar surface area (TPSA) is 29.5 Å². The van der Waals surface area contributed by atoms with Crippen molar-refractivity contribution in [2.75, 3.05) is 0 Å². The molecule has 4 heteroatoms. The third-order valence-corrected chi connectivity index (χ3v) is 11.8. The van der Waals surface area contributed by atoms with Gasteiger partial charge in [-0.05, 0) is 42.4 Å². The van der Waals surface area contributed by atoms with Gasteiger partial charge in [-0.15, -0.1) is 0 Å². The fourth-order valence-corrected chi connectivity index (χ4v) is 6.51. The van der Waals surface area contributed by atoms with Crippen LogP contribution in [0, 0.1) is 0 Å². The molecule has 23 heavy (non-hydrogen) atoms. The number of aromatic hydroxyl groups is 1. The normalized spacial score (nSPS) is 13.9. The summed E-state index contributed by atoms with van der Waals surface area (Å²) in [7, 11) is -1.90. The zero-order valence-corrected chi connectivity index (χ0v) is 16.3. The Morgan fingerprint density at radius 1 is 1.00 bits per heavy atom. The second-order valence-electron chi connectivity index (χ2n) is 7.56. The van der Waals surface area contributed by atoms with E-state index in [0.717, 1.165) is 10.8 Å². The highest BCUT2D eigenvalue weighted by atomic mass is 32.2. The molecule has 2 aromatic carbocycles. The van der Waals surface area contributed by atoms with Crippen molar-refractivity contribution < 1.29 is 9.53 Å². The second kappa shape index (κ2) is 5.62. The van der Waals surface area contributed by atoms with Crippen molar-refractivity contribution in [2.45, 2.75) is 44.8 Å². The molecule has 1 aromatic heterocycles. The van der Waals surface area contributed by atoms with Crippen LogP contribution in [0.3, 0.4) is 0 Å². The van der Waals surface area contributed by atoms with Crippen molar-refractivity contribution in [3.8, 4) is 5.75 Å². The number of hydrogen-bond acceptors (Lipinski definition) is 2. The standard InChI is InChI=1S/C19H24O2SSi/c1-19(2,3)23(4,5)21-13-22-16-11-7-6-9-14(16)18-15(20)10-8-12-17(18)22/h6-12H,13H2,1-5H3/p+1. The quantitative estimate of drug-likeness (QED) is 0.438. The minimum atomic E-state index is -1.78. The number of phenols is 1. The van der Waals surface area contributed by atoms with Gasteiger partial charge in [0, 0.05) is 10.5 Å². The Hall–Kier alpha value is -1.36. The fourth-order valence-electron chi connectivity index (χ4n) is 2.55. The van der Waals surface area contributed by atoms with Crippen LogP contribution in [0.1, 0.15) is 20.8 Å². The molecule has 0 fully saturated rings. The van der Waals surface area contributed by atoms with Crippen LogP contribution in [-0.4, -0.2) is 13.4 Å². The molecule has 0 spiro atoms. The number of hydrogen-bond donors (Lipinski definition) is 1. The summed E-state index contributed by atoms with van der Waals surface area (Å²) < 4.78 is 9.01. The molecule has 1 heterocycles. The van der Waals surface area contributed by atoms with Crippen LogP contribution in [0.15, 0.2) is 42.5 Å². The van der Waals surface area contributed by atoms with E-state index in [1.54, 1.807) is 6.07 Å². The van der Waals surface area contributed by atoms with Crippen LogP contribution in [0.2, 0.25) is 18.1 Å². The van der Waals surface area contributed by atoms with Gasteiger partial charge < -0.3 is 9.53 Å². The van der Waals surface area contributed by atoms with E-state index in [1.165, 1.54) is 9.40 Å². The number of thiophene rings is 1. The van der Waals surface area contributed by atoms with E-state index in [-0.39, 0.29) is 15.5 Å². The van der Waals surface area contributed by atoms with Crippen LogP contribution >= 0.6 is 10.5 Å². The van der Waals surface area contributed by atoms with Crippen LogP contribution in [0.4, 0.5) is 0 Å². The molecule has 1 unspecified atom stereocenters. The van der Waals surface area contributed by atoms with Crippen LogP contribution in [0.5, 0.6) is 5.75 Å². The number of benzene rings is 2. The number of rotatable bonds is 3. The SMILES string of the molecule is CC(C)(C)[Si](C)(C)OC[s+]1c2ccccc2c2c(O)cccc21. The maximum Gasteiger partial charge on any atom is 0.220 e. The summed E-state index contributed by atoms with van der Waals surface area (Å²) in [5.41, 5.74) is 0. The van der Waals surface area contributed by atoms with Gasteiger partial charge in [0.2, 0.25) is 5.94 Å². The summed E-state index contributed by atoms with van der Waals surface area (Å²) in [6.07, 6.45) is 0. The van der Waals surface area contributed by atoms with E-state index < -0.39 is 8.32 Å². The van der Waals surface area contributed by atoms with Crippen molar-refractivity contribution in [1.82, 2.24) is 0 Å². The minimum absolute atomic E-state index is 0.116. The van der Waals surface area contributed by atoms with Gasteiger partial charge in [0.1, 0.15) is 5.75 Å². The van der Waals surface area contributed by atoms with Gasteiger partial charge in [0.05, 0.1) is 10.8 Å².